The molecule has 170 valence electrons. The third-order valence-corrected chi connectivity index (χ3v) is 7.16. The zero-order valence-electron chi connectivity index (χ0n) is 17.9. The van der Waals surface area contributed by atoms with Gasteiger partial charge in [0.15, 0.2) is 0 Å². The molecule has 2 amide bonds. The number of anilines is 1. The fourth-order valence-electron chi connectivity index (χ4n) is 3.35. The first kappa shape index (κ1) is 23.2. The lowest BCUT2D eigenvalue weighted by atomic mass is 10.0. The predicted octanol–water partition coefficient (Wildman–Crippen LogP) is 2.31. The zero-order valence-corrected chi connectivity index (χ0v) is 18.7. The van der Waals surface area contributed by atoms with Gasteiger partial charge in [-0.25, -0.2) is 17.8 Å². The van der Waals surface area contributed by atoms with Crippen LogP contribution in [0.1, 0.15) is 32.8 Å². The first-order valence-electron chi connectivity index (χ1n) is 10.1. The number of hydrogen-bond acceptors (Lipinski definition) is 6. The number of halogens is 1. The van der Waals surface area contributed by atoms with Crippen LogP contribution >= 0.6 is 0 Å². The van der Waals surface area contributed by atoms with Crippen LogP contribution in [0.5, 0.6) is 0 Å². The summed E-state index contributed by atoms with van der Waals surface area (Å²) in [5.74, 6) is -0.186. The Hall–Kier alpha value is -2.46. The van der Waals surface area contributed by atoms with E-state index in [1.54, 1.807) is 32.1 Å². The molecule has 8 nitrogen and oxygen atoms in total. The van der Waals surface area contributed by atoms with Gasteiger partial charge in [0.1, 0.15) is 11.9 Å². The predicted molar refractivity (Wildman–Crippen MR) is 117 cm³/mol. The highest BCUT2D eigenvalue weighted by molar-refractivity contribution is 7.93. The Morgan fingerprint density at radius 3 is 2.77 bits per heavy atom. The van der Waals surface area contributed by atoms with Gasteiger partial charge >= 0.3 is 6.09 Å². The Morgan fingerprint density at radius 2 is 2.19 bits per heavy atom. The van der Waals surface area contributed by atoms with Crippen molar-refractivity contribution >= 4 is 33.0 Å². The first-order valence-corrected chi connectivity index (χ1v) is 11.9. The van der Waals surface area contributed by atoms with Gasteiger partial charge in [0.05, 0.1) is 46.4 Å². The van der Waals surface area contributed by atoms with E-state index in [9.17, 15) is 23.3 Å². The van der Waals surface area contributed by atoms with E-state index in [0.29, 0.717) is 23.4 Å². The van der Waals surface area contributed by atoms with Crippen LogP contribution in [-0.2, 0) is 19.3 Å². The smallest absolute Gasteiger partial charge is 0.414 e. The monoisotopic (exact) mass is 453 g/mol. The number of carbonyl (C=O) groups is 2. The van der Waals surface area contributed by atoms with Gasteiger partial charge < -0.3 is 15.2 Å². The molecule has 1 unspecified atom stereocenters. The molecule has 3 rings (SSSR count). The van der Waals surface area contributed by atoms with Gasteiger partial charge in [0, 0.05) is 18.2 Å². The summed E-state index contributed by atoms with van der Waals surface area (Å²) in [6.07, 6.45) is 1.06. The van der Waals surface area contributed by atoms with Gasteiger partial charge in [-0.05, 0) is 44.0 Å². The maximum absolute atomic E-state index is 14.9. The number of carbonyl (C=O) groups excluding carboxylic acids is 2. The van der Waals surface area contributed by atoms with E-state index in [2.05, 4.69) is 9.68 Å². The van der Waals surface area contributed by atoms with Crippen LogP contribution in [0.4, 0.5) is 14.9 Å². The molecule has 10 heteroatoms. The summed E-state index contributed by atoms with van der Waals surface area (Å²) in [7, 11) is -2.46. The Kier molecular flexibility index (Phi) is 6.70. The number of nitrogens with one attached hydrogen (secondary N) is 1. The maximum atomic E-state index is 14.9. The van der Waals surface area contributed by atoms with Gasteiger partial charge in [0.2, 0.25) is 5.91 Å². The van der Waals surface area contributed by atoms with Crippen molar-refractivity contribution in [3.05, 3.63) is 35.7 Å². The maximum Gasteiger partial charge on any atom is 0.414 e. The minimum absolute atomic E-state index is 0.0902. The molecule has 1 aromatic rings. The standard InChI is InChI=1S/C21H28FN3O5S/c1-14(26)23-11-17-12-25(20(27)30-17)16-4-5-18(19(22)10-16)15-6-8-31(29,9-7-15)24-13-21(2,3)28/h4-6,10,17,28H,7-9,11-13H2,1-3H3,(H,23,26)/t17-,31?/m0/s1. The van der Waals surface area contributed by atoms with Gasteiger partial charge in [0.25, 0.3) is 0 Å². The molecule has 1 aromatic carbocycles. The number of hydrogen-bond donors (Lipinski definition) is 2. The van der Waals surface area contributed by atoms with Gasteiger partial charge in [-0.1, -0.05) is 6.08 Å². The molecule has 0 aromatic heterocycles. The molecule has 2 N–H and O–H groups in total. The van der Waals surface area contributed by atoms with E-state index in [1.165, 1.54) is 17.9 Å². The first-order chi connectivity index (χ1) is 14.5. The van der Waals surface area contributed by atoms with E-state index in [4.69, 9.17) is 4.74 Å². The lowest BCUT2D eigenvalue weighted by Crippen LogP contribution is -2.33. The minimum Gasteiger partial charge on any atom is -0.442 e. The summed E-state index contributed by atoms with van der Waals surface area (Å²) in [5, 5.41) is 12.4. The number of amides is 2. The molecule has 0 saturated carbocycles. The van der Waals surface area contributed by atoms with Crippen molar-refractivity contribution < 1.29 is 28.0 Å². The number of allylic oxidation sites excluding steroid dienone is 1. The van der Waals surface area contributed by atoms with Gasteiger partial charge in [-0.2, -0.15) is 0 Å². The molecule has 2 heterocycles. The second kappa shape index (κ2) is 8.96. The fourth-order valence-corrected chi connectivity index (χ4v) is 5.30. The van der Waals surface area contributed by atoms with Crippen molar-refractivity contribution in [2.75, 3.05) is 36.0 Å². The van der Waals surface area contributed by atoms with Gasteiger partial charge in [-0.15, -0.1) is 0 Å². The molecule has 1 saturated heterocycles. The van der Waals surface area contributed by atoms with Crippen molar-refractivity contribution in [2.24, 2.45) is 4.36 Å². The molecular formula is C21H28FN3O5S. The molecule has 1 fully saturated rings. The Labute approximate surface area is 181 Å². The third kappa shape index (κ3) is 6.04. The van der Waals surface area contributed by atoms with Crippen LogP contribution in [-0.4, -0.2) is 64.2 Å². The molecule has 2 aliphatic heterocycles. The van der Waals surface area contributed by atoms with Crippen LogP contribution in [0.25, 0.3) is 5.57 Å². The van der Waals surface area contributed by atoms with Crippen LogP contribution in [0, 0.1) is 5.82 Å². The minimum atomic E-state index is -2.46. The highest BCUT2D eigenvalue weighted by Crippen LogP contribution is 2.30. The molecule has 0 bridgehead atoms. The van der Waals surface area contributed by atoms with Crippen LogP contribution in [0.15, 0.2) is 28.6 Å². The van der Waals surface area contributed by atoms with E-state index in [1.807, 2.05) is 0 Å². The number of nitrogens with zero attached hydrogens (tertiary/aromatic N) is 2. The second-order valence-corrected chi connectivity index (χ2v) is 11.0. The number of benzene rings is 1. The fraction of sp³-hybridized carbons (Fsp3) is 0.524. The second-order valence-electron chi connectivity index (χ2n) is 8.44. The topological polar surface area (TPSA) is 108 Å². The molecule has 2 aliphatic rings. The highest BCUT2D eigenvalue weighted by atomic mass is 32.2. The van der Waals surface area contributed by atoms with Crippen molar-refractivity contribution in [2.45, 2.75) is 38.9 Å². The summed E-state index contributed by atoms with van der Waals surface area (Å²) in [6, 6.07) is 4.53. The SMILES string of the molecule is CC(=O)NC[C@H]1CN(c2ccc(C3=CCS(=O)(=NCC(C)(C)O)CC3)c(F)c2)C(=O)O1. The summed E-state index contributed by atoms with van der Waals surface area (Å²) in [6.45, 7) is 5.10. The average Bonchev–Trinajstić information content (AvgIpc) is 3.06. The van der Waals surface area contributed by atoms with Crippen LogP contribution in [0.3, 0.4) is 0 Å². The van der Waals surface area contributed by atoms with Crippen molar-refractivity contribution in [3.8, 4) is 0 Å². The Bertz CT molecular complexity index is 1020. The number of ether oxygens (including phenoxy) is 1. The summed E-state index contributed by atoms with van der Waals surface area (Å²) >= 11 is 0. The van der Waals surface area contributed by atoms with E-state index in [0.717, 1.165) is 5.57 Å². The van der Waals surface area contributed by atoms with E-state index < -0.39 is 33.3 Å². The van der Waals surface area contributed by atoms with Crippen molar-refractivity contribution in [3.63, 3.8) is 0 Å². The third-order valence-electron chi connectivity index (χ3n) is 5.03. The van der Waals surface area contributed by atoms with Crippen LogP contribution < -0.4 is 10.2 Å². The Balaban J connectivity index is 1.71. The number of rotatable bonds is 6. The largest absolute Gasteiger partial charge is 0.442 e. The summed E-state index contributed by atoms with van der Waals surface area (Å²) < 4.78 is 37.1. The lowest BCUT2D eigenvalue weighted by molar-refractivity contribution is -0.119. The quantitative estimate of drug-likeness (QED) is 0.687. The molecule has 0 aliphatic carbocycles. The van der Waals surface area contributed by atoms with Crippen molar-refractivity contribution in [1.82, 2.24) is 5.32 Å². The highest BCUT2D eigenvalue weighted by Gasteiger charge is 2.33. The summed E-state index contributed by atoms with van der Waals surface area (Å²) in [4.78, 5) is 24.5. The van der Waals surface area contributed by atoms with Crippen LogP contribution in [0.2, 0.25) is 0 Å². The molecule has 0 radical (unpaired) electrons. The van der Waals surface area contributed by atoms with Crippen molar-refractivity contribution in [1.29, 1.82) is 0 Å². The van der Waals surface area contributed by atoms with E-state index in [-0.39, 0.29) is 31.3 Å². The zero-order chi connectivity index (χ0) is 22.8. The van der Waals surface area contributed by atoms with E-state index >= 15 is 0 Å². The molecule has 0 spiro atoms. The summed E-state index contributed by atoms with van der Waals surface area (Å²) in [5.41, 5.74) is 0.495. The number of aliphatic hydroxyl groups is 1. The van der Waals surface area contributed by atoms with Gasteiger partial charge in [-0.3, -0.25) is 9.69 Å². The lowest BCUT2D eigenvalue weighted by Gasteiger charge is -2.21. The molecule has 2 atom stereocenters. The average molecular weight is 454 g/mol. The molecular weight excluding hydrogens is 425 g/mol. The number of cyclic esters (lactones) is 1. The molecule has 31 heavy (non-hydrogen) atoms. The Morgan fingerprint density at radius 1 is 1.45 bits per heavy atom. The normalized spacial score (nSPS) is 23.9.